The summed E-state index contributed by atoms with van der Waals surface area (Å²) < 4.78 is 11.6. The Labute approximate surface area is 207 Å². The molecule has 0 bridgehead atoms. The average Bonchev–Trinajstić information content (AvgIpc) is 3.29. The summed E-state index contributed by atoms with van der Waals surface area (Å²) in [7, 11) is 0. The minimum Gasteiger partial charge on any atom is -0.493 e. The second-order valence-electron chi connectivity index (χ2n) is 9.55. The zero-order chi connectivity index (χ0) is 23.9. The van der Waals surface area contributed by atoms with Gasteiger partial charge in [-0.2, -0.15) is 0 Å². The first-order chi connectivity index (χ1) is 17.3. The van der Waals surface area contributed by atoms with E-state index < -0.39 is 0 Å². The topological polar surface area (TPSA) is 88.3 Å². The van der Waals surface area contributed by atoms with Gasteiger partial charge in [0, 0.05) is 56.6 Å². The molecule has 0 radical (unpaired) electrons. The van der Waals surface area contributed by atoms with Gasteiger partial charge in [0.05, 0.1) is 23.6 Å². The smallest absolute Gasteiger partial charge is 0.227 e. The molecule has 1 aliphatic carbocycles. The number of ether oxygens (including phenoxy) is 1. The van der Waals surface area contributed by atoms with E-state index in [1.807, 2.05) is 37.3 Å². The number of hydrogen-bond donors (Lipinski definition) is 2. The zero-order valence-corrected chi connectivity index (χ0v) is 20.6. The largest absolute Gasteiger partial charge is 0.493 e. The maximum absolute atomic E-state index is 6.01. The number of benzene rings is 1. The van der Waals surface area contributed by atoms with Crippen LogP contribution in [-0.4, -0.2) is 59.4 Å². The summed E-state index contributed by atoms with van der Waals surface area (Å²) in [5.41, 5.74) is 3.81. The molecule has 2 fully saturated rings. The van der Waals surface area contributed by atoms with Crippen molar-refractivity contribution in [3.63, 3.8) is 0 Å². The number of rotatable bonds is 9. The van der Waals surface area contributed by atoms with Crippen LogP contribution in [0.15, 0.2) is 41.1 Å². The third kappa shape index (κ3) is 6.18. The highest BCUT2D eigenvalue weighted by atomic mass is 16.5. The summed E-state index contributed by atoms with van der Waals surface area (Å²) in [4.78, 5) is 11.7. The van der Waals surface area contributed by atoms with Crippen LogP contribution >= 0.6 is 0 Å². The van der Waals surface area contributed by atoms with Crippen LogP contribution in [-0.2, 0) is 0 Å². The van der Waals surface area contributed by atoms with Crippen molar-refractivity contribution < 1.29 is 9.26 Å². The van der Waals surface area contributed by atoms with Crippen molar-refractivity contribution in [3.8, 4) is 17.0 Å². The fourth-order valence-electron chi connectivity index (χ4n) is 5.12. The molecule has 1 saturated heterocycles. The molecule has 35 heavy (non-hydrogen) atoms. The maximum Gasteiger partial charge on any atom is 0.227 e. The van der Waals surface area contributed by atoms with Gasteiger partial charge < -0.3 is 24.8 Å². The van der Waals surface area contributed by atoms with Crippen molar-refractivity contribution in [1.82, 2.24) is 25.3 Å². The fourth-order valence-corrected chi connectivity index (χ4v) is 5.12. The van der Waals surface area contributed by atoms with E-state index in [1.54, 1.807) is 6.20 Å². The van der Waals surface area contributed by atoms with E-state index in [0.29, 0.717) is 18.5 Å². The number of nitrogens with zero attached hydrogens (tertiary/aromatic N) is 4. The second kappa shape index (κ2) is 11.6. The van der Waals surface area contributed by atoms with Gasteiger partial charge in [0.1, 0.15) is 11.5 Å². The van der Waals surface area contributed by atoms with Crippen LogP contribution in [0.25, 0.3) is 11.3 Å². The molecule has 0 unspecified atom stereocenters. The summed E-state index contributed by atoms with van der Waals surface area (Å²) in [6, 6.07) is 9.92. The van der Waals surface area contributed by atoms with Crippen molar-refractivity contribution in [2.24, 2.45) is 0 Å². The van der Waals surface area contributed by atoms with E-state index in [9.17, 15) is 0 Å². The van der Waals surface area contributed by atoms with Crippen molar-refractivity contribution in [2.75, 3.05) is 44.6 Å². The molecule has 2 aromatic heterocycles. The quantitative estimate of drug-likeness (QED) is 0.422. The lowest BCUT2D eigenvalue weighted by molar-refractivity contribution is 0.214. The first-order valence-corrected chi connectivity index (χ1v) is 13.0. The van der Waals surface area contributed by atoms with Crippen LogP contribution in [0.4, 0.5) is 11.6 Å². The lowest BCUT2D eigenvalue weighted by atomic mass is 9.85. The zero-order valence-electron chi connectivity index (χ0n) is 20.6. The number of anilines is 2. The van der Waals surface area contributed by atoms with Gasteiger partial charge in [0.25, 0.3) is 0 Å². The van der Waals surface area contributed by atoms with E-state index in [2.05, 4.69) is 25.7 Å². The summed E-state index contributed by atoms with van der Waals surface area (Å²) in [6.07, 6.45) is 8.95. The monoisotopic (exact) mass is 476 g/mol. The van der Waals surface area contributed by atoms with Gasteiger partial charge in [-0.15, -0.1) is 0 Å². The van der Waals surface area contributed by atoms with Crippen LogP contribution in [0, 0.1) is 6.92 Å². The van der Waals surface area contributed by atoms with E-state index in [0.717, 1.165) is 86.1 Å². The van der Waals surface area contributed by atoms with Crippen molar-refractivity contribution in [3.05, 3.63) is 48.0 Å². The number of aryl methyl sites for hydroxylation is 1. The molecule has 1 aromatic carbocycles. The van der Waals surface area contributed by atoms with Gasteiger partial charge in [-0.25, -0.2) is 9.97 Å². The Bertz CT molecular complexity index is 1090. The Hall–Kier alpha value is -2.97. The Kier molecular flexibility index (Phi) is 7.90. The summed E-state index contributed by atoms with van der Waals surface area (Å²) in [5.74, 6) is 2.66. The summed E-state index contributed by atoms with van der Waals surface area (Å²) >= 11 is 0. The van der Waals surface area contributed by atoms with Crippen molar-refractivity contribution in [1.29, 1.82) is 0 Å². The standard InChI is InChI=1S/C27H36N6O2/c1-20-25(26(32-35-20)21-7-3-2-4-8-21)24-11-12-29-27(31-24)30-22-9-5-10-23(19-22)34-18-6-15-33-16-13-28-14-17-33/h5,9-12,19,21,28H,2-4,6-8,13-18H2,1H3,(H,29,30,31). The van der Waals surface area contributed by atoms with Crippen LogP contribution in [0.2, 0.25) is 0 Å². The average molecular weight is 477 g/mol. The highest BCUT2D eigenvalue weighted by Gasteiger charge is 2.25. The van der Waals surface area contributed by atoms with Gasteiger partial charge in [-0.3, -0.25) is 0 Å². The van der Waals surface area contributed by atoms with Gasteiger partial charge in [0.15, 0.2) is 0 Å². The Morgan fingerprint density at radius 2 is 2.00 bits per heavy atom. The predicted octanol–water partition coefficient (Wildman–Crippen LogP) is 4.91. The van der Waals surface area contributed by atoms with Gasteiger partial charge in [-0.05, 0) is 44.4 Å². The minimum absolute atomic E-state index is 0.447. The van der Waals surface area contributed by atoms with E-state index in [1.165, 1.54) is 19.3 Å². The number of nitrogens with one attached hydrogen (secondary N) is 2. The number of piperazine rings is 1. The molecule has 8 nitrogen and oxygen atoms in total. The molecule has 5 rings (SSSR count). The molecule has 2 N–H and O–H groups in total. The summed E-state index contributed by atoms with van der Waals surface area (Å²) in [5, 5.41) is 11.2. The second-order valence-corrected chi connectivity index (χ2v) is 9.55. The maximum atomic E-state index is 6.01. The van der Waals surface area contributed by atoms with Crippen LogP contribution in [0.1, 0.15) is 55.9 Å². The van der Waals surface area contributed by atoms with Gasteiger partial charge in [-0.1, -0.05) is 30.5 Å². The molecule has 0 amide bonds. The SMILES string of the molecule is Cc1onc(C2CCCCC2)c1-c1ccnc(Nc2cccc(OCCCN3CCNCC3)c2)n1. The highest BCUT2D eigenvalue weighted by Crippen LogP contribution is 2.38. The molecular formula is C27H36N6O2. The van der Waals surface area contributed by atoms with Gasteiger partial charge in [0.2, 0.25) is 5.95 Å². The molecule has 8 heteroatoms. The lowest BCUT2D eigenvalue weighted by Crippen LogP contribution is -2.43. The summed E-state index contributed by atoms with van der Waals surface area (Å²) in [6.45, 7) is 8.14. The van der Waals surface area contributed by atoms with E-state index in [4.69, 9.17) is 14.2 Å². The van der Waals surface area contributed by atoms with E-state index in [-0.39, 0.29) is 0 Å². The third-order valence-corrected chi connectivity index (χ3v) is 6.98. The molecular weight excluding hydrogens is 440 g/mol. The normalized spacial score (nSPS) is 17.4. The molecule has 1 saturated carbocycles. The molecule has 0 atom stereocenters. The number of aromatic nitrogens is 3. The molecule has 186 valence electrons. The van der Waals surface area contributed by atoms with Crippen LogP contribution in [0.5, 0.6) is 5.75 Å². The first kappa shape index (κ1) is 23.8. The van der Waals surface area contributed by atoms with Gasteiger partial charge >= 0.3 is 0 Å². The molecule has 3 heterocycles. The van der Waals surface area contributed by atoms with Crippen LogP contribution < -0.4 is 15.4 Å². The Balaban J connectivity index is 1.22. The number of hydrogen-bond acceptors (Lipinski definition) is 8. The molecule has 3 aromatic rings. The van der Waals surface area contributed by atoms with E-state index >= 15 is 0 Å². The van der Waals surface area contributed by atoms with Crippen molar-refractivity contribution >= 4 is 11.6 Å². The van der Waals surface area contributed by atoms with Crippen molar-refractivity contribution in [2.45, 2.75) is 51.4 Å². The Morgan fingerprint density at radius 3 is 2.86 bits per heavy atom. The molecule has 1 aliphatic heterocycles. The van der Waals surface area contributed by atoms with Crippen LogP contribution in [0.3, 0.4) is 0 Å². The minimum atomic E-state index is 0.447. The molecule has 2 aliphatic rings. The predicted molar refractivity (Wildman–Crippen MR) is 137 cm³/mol. The third-order valence-electron chi connectivity index (χ3n) is 6.98. The Morgan fingerprint density at radius 1 is 1.14 bits per heavy atom. The molecule has 0 spiro atoms. The highest BCUT2D eigenvalue weighted by molar-refractivity contribution is 5.66. The fraction of sp³-hybridized carbons (Fsp3) is 0.519. The lowest BCUT2D eigenvalue weighted by Gasteiger charge is -2.26. The first-order valence-electron chi connectivity index (χ1n) is 13.0.